The molecule has 2 rings (SSSR count). The molecule has 0 aliphatic carbocycles. The molecule has 7 nitrogen and oxygen atoms in total. The third-order valence-corrected chi connectivity index (χ3v) is 3.54. The molecule has 1 aliphatic heterocycles. The summed E-state index contributed by atoms with van der Waals surface area (Å²) in [4.78, 5) is 30.1. The lowest BCUT2D eigenvalue weighted by atomic mass is 9.98. The standard InChI is InChI=1S/C13H19N3O4/c1-2-11-9(3-4-20-11)12(17)16-10(13(18)19)5-8-6-14-7-15-8/h6-7,9-11H,2-5H2,1H3,(H,14,15)(H,16,17)(H,18,19)/t9?,10-,11?/m1/s1. The van der Waals surface area contributed by atoms with Crippen LogP contribution in [0.1, 0.15) is 25.5 Å². The molecule has 20 heavy (non-hydrogen) atoms. The topological polar surface area (TPSA) is 104 Å². The Kier molecular flexibility index (Phi) is 4.73. The highest BCUT2D eigenvalue weighted by Gasteiger charge is 2.34. The summed E-state index contributed by atoms with van der Waals surface area (Å²) in [5.41, 5.74) is 0.674. The van der Waals surface area contributed by atoms with Gasteiger partial charge in [-0.15, -0.1) is 0 Å². The Bertz CT molecular complexity index is 460. The molecule has 2 heterocycles. The number of aromatic nitrogens is 2. The Morgan fingerprint density at radius 1 is 1.65 bits per heavy atom. The predicted molar refractivity (Wildman–Crippen MR) is 70.0 cm³/mol. The van der Waals surface area contributed by atoms with Crippen LogP contribution in [0.2, 0.25) is 0 Å². The number of aromatic amines is 1. The first kappa shape index (κ1) is 14.5. The number of carbonyl (C=O) groups excluding carboxylic acids is 1. The van der Waals surface area contributed by atoms with Crippen LogP contribution in [0.4, 0.5) is 0 Å². The van der Waals surface area contributed by atoms with Gasteiger partial charge in [-0.25, -0.2) is 9.78 Å². The molecule has 0 saturated carbocycles. The molecule has 2 unspecified atom stereocenters. The molecule has 0 radical (unpaired) electrons. The lowest BCUT2D eigenvalue weighted by molar-refractivity contribution is -0.142. The van der Waals surface area contributed by atoms with Crippen molar-refractivity contribution in [1.82, 2.24) is 15.3 Å². The van der Waals surface area contributed by atoms with Crippen LogP contribution in [0, 0.1) is 5.92 Å². The molecule has 1 fully saturated rings. The monoisotopic (exact) mass is 281 g/mol. The maximum absolute atomic E-state index is 12.2. The van der Waals surface area contributed by atoms with Crippen LogP contribution in [0.25, 0.3) is 0 Å². The Morgan fingerprint density at radius 3 is 3.05 bits per heavy atom. The number of ether oxygens (including phenoxy) is 1. The number of H-pyrrole nitrogens is 1. The minimum absolute atomic E-state index is 0.114. The lowest BCUT2D eigenvalue weighted by Crippen LogP contribution is -2.46. The van der Waals surface area contributed by atoms with E-state index in [2.05, 4.69) is 15.3 Å². The summed E-state index contributed by atoms with van der Waals surface area (Å²) in [5, 5.41) is 11.8. The van der Waals surface area contributed by atoms with Gasteiger partial charge in [0.1, 0.15) is 6.04 Å². The van der Waals surface area contributed by atoms with Gasteiger partial charge in [-0.2, -0.15) is 0 Å². The zero-order valence-electron chi connectivity index (χ0n) is 11.3. The maximum atomic E-state index is 12.2. The van der Waals surface area contributed by atoms with Crippen LogP contribution in [-0.4, -0.2) is 45.7 Å². The zero-order valence-corrected chi connectivity index (χ0v) is 11.3. The van der Waals surface area contributed by atoms with E-state index in [0.717, 1.165) is 6.42 Å². The van der Waals surface area contributed by atoms with Gasteiger partial charge in [-0.05, 0) is 12.8 Å². The van der Waals surface area contributed by atoms with Gasteiger partial charge >= 0.3 is 5.97 Å². The SMILES string of the molecule is CCC1OCCC1C(=O)N[C@H](Cc1cnc[nH]1)C(=O)O. The highest BCUT2D eigenvalue weighted by atomic mass is 16.5. The summed E-state index contributed by atoms with van der Waals surface area (Å²) in [7, 11) is 0. The summed E-state index contributed by atoms with van der Waals surface area (Å²) in [5.74, 6) is -1.57. The van der Waals surface area contributed by atoms with E-state index in [9.17, 15) is 14.7 Å². The minimum Gasteiger partial charge on any atom is -0.480 e. The van der Waals surface area contributed by atoms with Crippen LogP contribution < -0.4 is 5.32 Å². The van der Waals surface area contributed by atoms with Crippen molar-refractivity contribution < 1.29 is 19.4 Å². The van der Waals surface area contributed by atoms with Gasteiger partial charge < -0.3 is 20.1 Å². The number of amides is 1. The van der Waals surface area contributed by atoms with Crippen molar-refractivity contribution in [3.05, 3.63) is 18.2 Å². The van der Waals surface area contributed by atoms with Crippen LogP contribution in [0.15, 0.2) is 12.5 Å². The quantitative estimate of drug-likeness (QED) is 0.697. The zero-order chi connectivity index (χ0) is 14.5. The molecule has 0 aromatic carbocycles. The van der Waals surface area contributed by atoms with Crippen molar-refractivity contribution in [3.8, 4) is 0 Å². The largest absolute Gasteiger partial charge is 0.480 e. The van der Waals surface area contributed by atoms with Crippen molar-refractivity contribution in [3.63, 3.8) is 0 Å². The summed E-state index contributed by atoms with van der Waals surface area (Å²) in [6.07, 6.45) is 4.49. The third-order valence-electron chi connectivity index (χ3n) is 3.54. The first-order chi connectivity index (χ1) is 9.61. The average molecular weight is 281 g/mol. The summed E-state index contributed by atoms with van der Waals surface area (Å²) >= 11 is 0. The van der Waals surface area contributed by atoms with E-state index in [-0.39, 0.29) is 24.3 Å². The summed E-state index contributed by atoms with van der Waals surface area (Å²) in [6.45, 7) is 2.50. The number of carbonyl (C=O) groups is 2. The molecule has 1 aromatic heterocycles. The molecule has 1 aromatic rings. The fourth-order valence-electron chi connectivity index (χ4n) is 2.45. The van der Waals surface area contributed by atoms with Crippen LogP contribution >= 0.6 is 0 Å². The number of rotatable bonds is 6. The molecular weight excluding hydrogens is 262 g/mol. The molecule has 0 spiro atoms. The Hall–Kier alpha value is -1.89. The fourth-order valence-corrected chi connectivity index (χ4v) is 2.45. The first-order valence-corrected chi connectivity index (χ1v) is 6.73. The summed E-state index contributed by atoms with van der Waals surface area (Å²) < 4.78 is 5.46. The lowest BCUT2D eigenvalue weighted by Gasteiger charge is -2.20. The first-order valence-electron chi connectivity index (χ1n) is 6.73. The highest BCUT2D eigenvalue weighted by Crippen LogP contribution is 2.23. The summed E-state index contributed by atoms with van der Waals surface area (Å²) in [6, 6.07) is -0.957. The second kappa shape index (κ2) is 6.51. The van der Waals surface area contributed by atoms with E-state index in [4.69, 9.17) is 4.74 Å². The van der Waals surface area contributed by atoms with Crippen molar-refractivity contribution in [2.45, 2.75) is 38.3 Å². The van der Waals surface area contributed by atoms with E-state index in [0.29, 0.717) is 18.7 Å². The molecule has 1 saturated heterocycles. The Balaban J connectivity index is 1.97. The molecule has 3 atom stereocenters. The number of imidazole rings is 1. The fraction of sp³-hybridized carbons (Fsp3) is 0.615. The van der Waals surface area contributed by atoms with Crippen molar-refractivity contribution in [2.24, 2.45) is 5.92 Å². The predicted octanol–water partition coefficient (Wildman–Crippen LogP) is 0.337. The number of hydrogen-bond acceptors (Lipinski definition) is 4. The molecule has 1 aliphatic rings. The number of nitrogens with one attached hydrogen (secondary N) is 2. The number of aliphatic carboxylic acids is 1. The molecule has 0 bridgehead atoms. The number of hydrogen-bond donors (Lipinski definition) is 3. The second-order valence-corrected chi connectivity index (χ2v) is 4.89. The smallest absolute Gasteiger partial charge is 0.326 e. The molecule has 110 valence electrons. The van der Waals surface area contributed by atoms with E-state index < -0.39 is 12.0 Å². The minimum atomic E-state index is -1.06. The average Bonchev–Trinajstić information content (AvgIpc) is 3.08. The van der Waals surface area contributed by atoms with Crippen molar-refractivity contribution in [2.75, 3.05) is 6.61 Å². The molecule has 1 amide bonds. The third kappa shape index (κ3) is 3.36. The van der Waals surface area contributed by atoms with Crippen molar-refractivity contribution >= 4 is 11.9 Å². The number of carboxylic acids is 1. The second-order valence-electron chi connectivity index (χ2n) is 4.89. The Labute approximate surface area is 116 Å². The number of carboxylic acid groups (broad SMARTS) is 1. The van der Waals surface area contributed by atoms with Crippen LogP contribution in [-0.2, 0) is 20.7 Å². The van der Waals surface area contributed by atoms with E-state index in [1.165, 1.54) is 6.33 Å². The van der Waals surface area contributed by atoms with Gasteiger partial charge in [-0.1, -0.05) is 6.92 Å². The van der Waals surface area contributed by atoms with Gasteiger partial charge in [0.25, 0.3) is 0 Å². The maximum Gasteiger partial charge on any atom is 0.326 e. The van der Waals surface area contributed by atoms with Crippen LogP contribution in [0.5, 0.6) is 0 Å². The highest BCUT2D eigenvalue weighted by molar-refractivity contribution is 5.85. The number of nitrogens with zero attached hydrogens (tertiary/aromatic N) is 1. The van der Waals surface area contributed by atoms with Gasteiger partial charge in [0.05, 0.1) is 18.3 Å². The van der Waals surface area contributed by atoms with Gasteiger partial charge in [0.15, 0.2) is 0 Å². The normalized spacial score (nSPS) is 23.4. The van der Waals surface area contributed by atoms with Gasteiger partial charge in [0.2, 0.25) is 5.91 Å². The van der Waals surface area contributed by atoms with Gasteiger partial charge in [0, 0.05) is 24.9 Å². The van der Waals surface area contributed by atoms with E-state index in [1.54, 1.807) is 6.20 Å². The molecule has 3 N–H and O–H groups in total. The molecule has 7 heteroatoms. The van der Waals surface area contributed by atoms with E-state index in [1.807, 2.05) is 6.92 Å². The Morgan fingerprint density at radius 2 is 2.45 bits per heavy atom. The van der Waals surface area contributed by atoms with Gasteiger partial charge in [-0.3, -0.25) is 4.79 Å². The molecular formula is C13H19N3O4. The van der Waals surface area contributed by atoms with Crippen LogP contribution in [0.3, 0.4) is 0 Å². The van der Waals surface area contributed by atoms with E-state index >= 15 is 0 Å². The van der Waals surface area contributed by atoms with Crippen molar-refractivity contribution in [1.29, 1.82) is 0 Å².